The Kier molecular flexibility index (Phi) is 4.26. The number of carbonyl (C=O) groups excluding carboxylic acids is 2. The van der Waals surface area contributed by atoms with Gasteiger partial charge in [-0.2, -0.15) is 0 Å². The van der Waals surface area contributed by atoms with Crippen LogP contribution >= 0.6 is 0 Å². The third-order valence-electron chi connectivity index (χ3n) is 2.97. The van der Waals surface area contributed by atoms with E-state index in [0.717, 1.165) is 0 Å². The van der Waals surface area contributed by atoms with Crippen molar-refractivity contribution in [3.63, 3.8) is 0 Å². The van der Waals surface area contributed by atoms with Crippen LogP contribution in [0.25, 0.3) is 0 Å². The van der Waals surface area contributed by atoms with Crippen LogP contribution in [0.15, 0.2) is 12.7 Å². The maximum Gasteiger partial charge on any atom is 0.352 e. The summed E-state index contributed by atoms with van der Waals surface area (Å²) in [5.74, 6) is -2.64. The van der Waals surface area contributed by atoms with E-state index in [9.17, 15) is 14.4 Å². The minimum atomic E-state index is -1.13. The van der Waals surface area contributed by atoms with E-state index in [0.29, 0.717) is 11.3 Å². The van der Waals surface area contributed by atoms with Gasteiger partial charge in [-0.25, -0.2) is 4.79 Å². The minimum absolute atomic E-state index is 0.0115. The fourth-order valence-corrected chi connectivity index (χ4v) is 1.97. The Bertz CT molecular complexity index is 570. The predicted octanol–water partition coefficient (Wildman–Crippen LogP) is 0.825. The monoisotopic (exact) mass is 264 g/mol. The largest absolute Gasteiger partial charge is 0.477 e. The quantitative estimate of drug-likeness (QED) is 0.468. The van der Waals surface area contributed by atoms with Crippen LogP contribution in [0, 0.1) is 13.8 Å². The number of rotatable bonds is 5. The number of carbonyl (C=O) groups is 3. The molecule has 0 aromatic carbocycles. The van der Waals surface area contributed by atoms with Crippen molar-refractivity contribution in [1.29, 1.82) is 0 Å². The molecule has 0 aliphatic carbocycles. The highest BCUT2D eigenvalue weighted by atomic mass is 16.4. The highest BCUT2D eigenvalue weighted by molar-refractivity contribution is 6.43. The lowest BCUT2D eigenvalue weighted by Crippen LogP contribution is -2.31. The second kappa shape index (κ2) is 5.51. The Morgan fingerprint density at radius 3 is 2.37 bits per heavy atom. The van der Waals surface area contributed by atoms with Crippen LogP contribution in [0.1, 0.15) is 32.1 Å². The normalized spacial score (nSPS) is 10.1. The van der Waals surface area contributed by atoms with E-state index >= 15 is 0 Å². The maximum absolute atomic E-state index is 12.0. The first kappa shape index (κ1) is 14.7. The summed E-state index contributed by atoms with van der Waals surface area (Å²) in [4.78, 5) is 34.8. The van der Waals surface area contributed by atoms with Crippen molar-refractivity contribution >= 4 is 17.7 Å². The van der Waals surface area contributed by atoms with E-state index in [4.69, 9.17) is 5.11 Å². The summed E-state index contributed by atoms with van der Waals surface area (Å²) in [6, 6.07) is 0. The topological polar surface area (TPSA) is 88.4 Å². The molecule has 102 valence electrons. The van der Waals surface area contributed by atoms with Gasteiger partial charge < -0.3 is 15.0 Å². The summed E-state index contributed by atoms with van der Waals surface area (Å²) >= 11 is 0. The molecule has 0 saturated heterocycles. The van der Waals surface area contributed by atoms with Crippen LogP contribution in [0.5, 0.6) is 0 Å². The number of Topliss-reactive ketones (excluding diaryl/α,β-unsaturated/α-hetero) is 1. The van der Waals surface area contributed by atoms with E-state index in [1.165, 1.54) is 17.6 Å². The molecule has 0 saturated carbocycles. The van der Waals surface area contributed by atoms with Gasteiger partial charge >= 0.3 is 5.97 Å². The summed E-state index contributed by atoms with van der Waals surface area (Å²) in [5, 5.41) is 11.5. The van der Waals surface area contributed by atoms with E-state index in [2.05, 4.69) is 11.9 Å². The SMILES string of the molecule is C=CCNC(=O)C(=O)c1c(C)c(C(=O)O)n(C)c1C. The molecule has 2 N–H and O–H groups in total. The molecule has 1 rings (SSSR count). The number of nitrogens with one attached hydrogen (secondary N) is 1. The van der Waals surface area contributed by atoms with E-state index in [1.54, 1.807) is 14.0 Å². The fourth-order valence-electron chi connectivity index (χ4n) is 1.97. The van der Waals surface area contributed by atoms with Gasteiger partial charge in [-0.05, 0) is 19.4 Å². The molecule has 6 heteroatoms. The summed E-state index contributed by atoms with van der Waals surface area (Å²) in [6.07, 6.45) is 1.46. The van der Waals surface area contributed by atoms with Crippen LogP contribution in [0.2, 0.25) is 0 Å². The van der Waals surface area contributed by atoms with Crippen LogP contribution in [0.3, 0.4) is 0 Å². The van der Waals surface area contributed by atoms with Gasteiger partial charge in [-0.3, -0.25) is 9.59 Å². The smallest absolute Gasteiger partial charge is 0.352 e. The maximum atomic E-state index is 12.0. The zero-order valence-electron chi connectivity index (χ0n) is 11.1. The molecule has 0 spiro atoms. The lowest BCUT2D eigenvalue weighted by molar-refractivity contribution is -0.116. The van der Waals surface area contributed by atoms with Gasteiger partial charge in [0.15, 0.2) is 0 Å². The standard InChI is InChI=1S/C13H16N2O4/c1-5-6-14-12(17)11(16)9-7(2)10(13(18)19)15(4)8(9)3/h5H,1,6H2,2-4H3,(H,14,17)(H,18,19). The Hall–Kier alpha value is -2.37. The molecule has 6 nitrogen and oxygen atoms in total. The second-order valence-electron chi connectivity index (χ2n) is 4.13. The van der Waals surface area contributed by atoms with Crippen molar-refractivity contribution in [2.45, 2.75) is 13.8 Å². The number of aromatic nitrogens is 1. The molecule has 1 amide bonds. The average molecular weight is 264 g/mol. The van der Waals surface area contributed by atoms with Crippen molar-refractivity contribution in [2.24, 2.45) is 7.05 Å². The molecule has 1 heterocycles. The lowest BCUT2D eigenvalue weighted by Gasteiger charge is -2.03. The Balaban J connectivity index is 3.25. The number of hydrogen-bond acceptors (Lipinski definition) is 3. The Morgan fingerprint density at radius 2 is 1.95 bits per heavy atom. The first-order valence-electron chi connectivity index (χ1n) is 5.65. The molecule has 1 aromatic heterocycles. The number of carboxylic acid groups (broad SMARTS) is 1. The first-order valence-corrected chi connectivity index (χ1v) is 5.65. The summed E-state index contributed by atoms with van der Waals surface area (Å²) < 4.78 is 1.39. The van der Waals surface area contributed by atoms with Gasteiger partial charge in [0.2, 0.25) is 0 Å². The third kappa shape index (κ3) is 2.57. The molecule has 0 aliphatic rings. The van der Waals surface area contributed by atoms with Crippen LogP contribution in [-0.2, 0) is 11.8 Å². The molecular formula is C13H16N2O4. The molecule has 0 bridgehead atoms. The summed E-state index contributed by atoms with van der Waals surface area (Å²) in [7, 11) is 1.55. The average Bonchev–Trinajstić information content (AvgIpc) is 2.56. The number of hydrogen-bond donors (Lipinski definition) is 2. The van der Waals surface area contributed by atoms with Crippen molar-refractivity contribution in [2.75, 3.05) is 6.54 Å². The zero-order chi connectivity index (χ0) is 14.7. The summed E-state index contributed by atoms with van der Waals surface area (Å²) in [5.41, 5.74) is 0.902. The first-order chi connectivity index (χ1) is 8.82. The molecule has 0 fully saturated rings. The number of ketones is 1. The second-order valence-corrected chi connectivity index (χ2v) is 4.13. The van der Waals surface area contributed by atoms with Gasteiger partial charge in [0.05, 0.1) is 5.56 Å². The van der Waals surface area contributed by atoms with E-state index in [-0.39, 0.29) is 17.8 Å². The highest BCUT2D eigenvalue weighted by Gasteiger charge is 2.27. The van der Waals surface area contributed by atoms with Crippen LogP contribution in [-0.4, -0.2) is 33.9 Å². The van der Waals surface area contributed by atoms with Gasteiger partial charge in [0.25, 0.3) is 11.7 Å². The molecule has 0 radical (unpaired) electrons. The number of carboxylic acids is 1. The highest BCUT2D eigenvalue weighted by Crippen LogP contribution is 2.21. The van der Waals surface area contributed by atoms with Crippen molar-refractivity contribution in [1.82, 2.24) is 9.88 Å². The van der Waals surface area contributed by atoms with Gasteiger partial charge in [0.1, 0.15) is 5.69 Å². The van der Waals surface area contributed by atoms with Gasteiger partial charge in [-0.15, -0.1) is 6.58 Å². The molecular weight excluding hydrogens is 248 g/mol. The molecule has 0 unspecified atom stereocenters. The minimum Gasteiger partial charge on any atom is -0.477 e. The van der Waals surface area contributed by atoms with Crippen molar-refractivity contribution in [3.05, 3.63) is 35.2 Å². The number of nitrogens with zero attached hydrogens (tertiary/aromatic N) is 1. The fraction of sp³-hybridized carbons (Fsp3) is 0.308. The zero-order valence-corrected chi connectivity index (χ0v) is 11.1. The van der Waals surface area contributed by atoms with Crippen molar-refractivity contribution < 1.29 is 19.5 Å². The van der Waals surface area contributed by atoms with Gasteiger partial charge in [0, 0.05) is 19.3 Å². The molecule has 1 aromatic rings. The molecule has 0 atom stereocenters. The predicted molar refractivity (Wildman–Crippen MR) is 69.4 cm³/mol. The van der Waals surface area contributed by atoms with Crippen LogP contribution < -0.4 is 5.32 Å². The van der Waals surface area contributed by atoms with Crippen LogP contribution in [0.4, 0.5) is 0 Å². The van der Waals surface area contributed by atoms with Gasteiger partial charge in [-0.1, -0.05) is 6.08 Å². The third-order valence-corrected chi connectivity index (χ3v) is 2.97. The molecule has 0 aliphatic heterocycles. The van der Waals surface area contributed by atoms with E-state index in [1.807, 2.05) is 0 Å². The number of aromatic carboxylic acids is 1. The Labute approximate surface area is 110 Å². The van der Waals surface area contributed by atoms with E-state index < -0.39 is 17.7 Å². The Morgan fingerprint density at radius 1 is 1.37 bits per heavy atom. The van der Waals surface area contributed by atoms with Crippen molar-refractivity contribution in [3.8, 4) is 0 Å². The number of amides is 1. The summed E-state index contributed by atoms with van der Waals surface area (Å²) in [6.45, 7) is 6.74. The lowest BCUT2D eigenvalue weighted by atomic mass is 10.1. The molecule has 19 heavy (non-hydrogen) atoms.